The number of amides is 2. The Kier molecular flexibility index (Phi) is 4.73. The Labute approximate surface area is 120 Å². The molecule has 1 saturated heterocycles. The average molecular weight is 296 g/mol. The molecule has 2 rings (SSSR count). The van der Waals surface area contributed by atoms with E-state index in [1.807, 2.05) is 0 Å². The van der Waals surface area contributed by atoms with Crippen LogP contribution in [0.5, 0.6) is 0 Å². The van der Waals surface area contributed by atoms with E-state index in [-0.39, 0.29) is 18.4 Å². The fraction of sp³-hybridized carbons (Fsp3) is 0.462. The van der Waals surface area contributed by atoms with Crippen molar-refractivity contribution in [2.24, 2.45) is 11.7 Å². The summed E-state index contributed by atoms with van der Waals surface area (Å²) in [5.74, 6) is -1.50. The lowest BCUT2D eigenvalue weighted by Gasteiger charge is -2.30. The van der Waals surface area contributed by atoms with Gasteiger partial charge in [0.05, 0.1) is 11.5 Å². The molecule has 0 aromatic carbocycles. The molecule has 20 heavy (non-hydrogen) atoms. The van der Waals surface area contributed by atoms with Crippen molar-refractivity contribution >= 4 is 29.1 Å². The van der Waals surface area contributed by atoms with Crippen LogP contribution in [-0.2, 0) is 14.3 Å². The number of nitrogens with zero attached hydrogens (tertiary/aromatic N) is 1. The highest BCUT2D eigenvalue weighted by atomic mass is 32.1. The molecule has 1 atom stereocenters. The Hall–Kier alpha value is -1.89. The van der Waals surface area contributed by atoms with E-state index >= 15 is 0 Å². The van der Waals surface area contributed by atoms with Gasteiger partial charge in [0.15, 0.2) is 6.61 Å². The summed E-state index contributed by atoms with van der Waals surface area (Å²) in [4.78, 5) is 36.2. The van der Waals surface area contributed by atoms with Crippen LogP contribution in [0.4, 0.5) is 0 Å². The predicted molar refractivity (Wildman–Crippen MR) is 73.1 cm³/mol. The first kappa shape index (κ1) is 14.5. The van der Waals surface area contributed by atoms with Gasteiger partial charge in [-0.3, -0.25) is 9.59 Å². The molecule has 1 fully saturated rings. The van der Waals surface area contributed by atoms with Crippen LogP contribution in [0.25, 0.3) is 0 Å². The van der Waals surface area contributed by atoms with Crippen LogP contribution in [0.1, 0.15) is 23.2 Å². The molecule has 0 bridgehead atoms. The highest BCUT2D eigenvalue weighted by molar-refractivity contribution is 7.08. The second kappa shape index (κ2) is 6.51. The van der Waals surface area contributed by atoms with Crippen LogP contribution in [0.2, 0.25) is 0 Å². The molecule has 0 spiro atoms. The van der Waals surface area contributed by atoms with Crippen LogP contribution >= 0.6 is 11.3 Å². The normalized spacial score (nSPS) is 18.6. The van der Waals surface area contributed by atoms with Gasteiger partial charge in [0.1, 0.15) is 0 Å². The average Bonchev–Trinajstić information content (AvgIpc) is 2.98. The van der Waals surface area contributed by atoms with E-state index in [9.17, 15) is 14.4 Å². The first-order valence-electron chi connectivity index (χ1n) is 6.34. The van der Waals surface area contributed by atoms with Crippen molar-refractivity contribution in [3.05, 3.63) is 22.4 Å². The minimum Gasteiger partial charge on any atom is -0.452 e. The van der Waals surface area contributed by atoms with E-state index in [1.165, 1.54) is 16.2 Å². The fourth-order valence-corrected chi connectivity index (χ4v) is 2.74. The summed E-state index contributed by atoms with van der Waals surface area (Å²) < 4.78 is 4.96. The van der Waals surface area contributed by atoms with Gasteiger partial charge >= 0.3 is 5.97 Å². The maximum Gasteiger partial charge on any atom is 0.339 e. The van der Waals surface area contributed by atoms with Crippen molar-refractivity contribution in [2.45, 2.75) is 12.8 Å². The minimum atomic E-state index is -0.511. The maximum atomic E-state index is 11.9. The number of thiophene rings is 1. The predicted octanol–water partition coefficient (Wildman–Crippen LogP) is 0.629. The third-order valence-electron chi connectivity index (χ3n) is 3.26. The summed E-state index contributed by atoms with van der Waals surface area (Å²) in [6.45, 7) is 0.572. The Bertz CT molecular complexity index is 500. The third-order valence-corrected chi connectivity index (χ3v) is 3.94. The molecule has 0 saturated carbocycles. The first-order valence-corrected chi connectivity index (χ1v) is 7.28. The van der Waals surface area contributed by atoms with Crippen LogP contribution < -0.4 is 5.73 Å². The van der Waals surface area contributed by atoms with E-state index < -0.39 is 11.9 Å². The number of piperidine rings is 1. The molecule has 2 heterocycles. The lowest BCUT2D eigenvalue weighted by Crippen LogP contribution is -2.45. The highest BCUT2D eigenvalue weighted by Crippen LogP contribution is 2.16. The van der Waals surface area contributed by atoms with Gasteiger partial charge in [-0.25, -0.2) is 4.79 Å². The first-order chi connectivity index (χ1) is 9.58. The fourth-order valence-electron chi connectivity index (χ4n) is 2.12. The van der Waals surface area contributed by atoms with Gasteiger partial charge in [-0.05, 0) is 24.3 Å². The Morgan fingerprint density at radius 3 is 2.90 bits per heavy atom. The molecule has 0 unspecified atom stereocenters. The molecule has 7 heteroatoms. The maximum absolute atomic E-state index is 11.9. The second-order valence-electron chi connectivity index (χ2n) is 4.67. The van der Waals surface area contributed by atoms with Gasteiger partial charge in [-0.15, -0.1) is 0 Å². The Morgan fingerprint density at radius 2 is 2.25 bits per heavy atom. The monoisotopic (exact) mass is 296 g/mol. The standard InChI is InChI=1S/C13H16N2O4S/c14-12(17)9-2-1-4-15(6-9)11(16)7-19-13(18)10-3-5-20-8-10/h3,5,8-9H,1-2,4,6-7H2,(H2,14,17)/t9-/m1/s1. The zero-order valence-corrected chi connectivity index (χ0v) is 11.7. The van der Waals surface area contributed by atoms with Crippen molar-refractivity contribution < 1.29 is 19.1 Å². The number of hydrogen-bond donors (Lipinski definition) is 1. The number of hydrogen-bond acceptors (Lipinski definition) is 5. The van der Waals surface area contributed by atoms with Gasteiger partial charge in [0, 0.05) is 18.5 Å². The molecule has 0 aliphatic carbocycles. The summed E-state index contributed by atoms with van der Waals surface area (Å²) >= 11 is 1.39. The molecule has 2 amide bonds. The molecular formula is C13H16N2O4S. The van der Waals surface area contributed by atoms with Crippen molar-refractivity contribution in [3.63, 3.8) is 0 Å². The van der Waals surface area contributed by atoms with Crippen LogP contribution in [0, 0.1) is 5.92 Å². The van der Waals surface area contributed by atoms with Crippen molar-refractivity contribution in [1.82, 2.24) is 4.90 Å². The van der Waals surface area contributed by atoms with E-state index in [1.54, 1.807) is 16.8 Å². The number of ether oxygens (including phenoxy) is 1. The van der Waals surface area contributed by atoms with Crippen molar-refractivity contribution in [1.29, 1.82) is 0 Å². The SMILES string of the molecule is NC(=O)[C@@H]1CCCN(C(=O)COC(=O)c2ccsc2)C1. The number of carbonyl (C=O) groups is 3. The van der Waals surface area contributed by atoms with Crippen LogP contribution in [0.15, 0.2) is 16.8 Å². The topological polar surface area (TPSA) is 89.7 Å². The van der Waals surface area contributed by atoms with Gasteiger partial charge in [-0.1, -0.05) is 0 Å². The zero-order chi connectivity index (χ0) is 14.5. The number of primary amides is 1. The molecular weight excluding hydrogens is 280 g/mol. The summed E-state index contributed by atoms with van der Waals surface area (Å²) in [6, 6.07) is 1.64. The smallest absolute Gasteiger partial charge is 0.339 e. The number of nitrogens with two attached hydrogens (primary N) is 1. The highest BCUT2D eigenvalue weighted by Gasteiger charge is 2.27. The van der Waals surface area contributed by atoms with Crippen molar-refractivity contribution in [3.8, 4) is 0 Å². The largest absolute Gasteiger partial charge is 0.452 e. The van der Waals surface area contributed by atoms with Gasteiger partial charge < -0.3 is 15.4 Å². The van der Waals surface area contributed by atoms with Gasteiger partial charge in [0.2, 0.25) is 5.91 Å². The third kappa shape index (κ3) is 3.57. The Morgan fingerprint density at radius 1 is 1.45 bits per heavy atom. The second-order valence-corrected chi connectivity index (χ2v) is 5.45. The van der Waals surface area contributed by atoms with Crippen molar-refractivity contribution in [2.75, 3.05) is 19.7 Å². The summed E-state index contributed by atoms with van der Waals surface area (Å²) in [5.41, 5.74) is 5.70. The summed E-state index contributed by atoms with van der Waals surface area (Å²) in [5, 5.41) is 3.43. The lowest BCUT2D eigenvalue weighted by molar-refractivity contribution is -0.137. The van der Waals surface area contributed by atoms with E-state index in [0.717, 1.165) is 6.42 Å². The van der Waals surface area contributed by atoms with Crippen LogP contribution in [0.3, 0.4) is 0 Å². The quantitative estimate of drug-likeness (QED) is 0.825. The molecule has 1 aliphatic heterocycles. The molecule has 1 aliphatic rings. The Balaban J connectivity index is 1.82. The lowest BCUT2D eigenvalue weighted by atomic mass is 9.97. The minimum absolute atomic E-state index is 0.292. The molecule has 108 valence electrons. The molecule has 1 aromatic rings. The number of esters is 1. The van der Waals surface area contributed by atoms with Gasteiger partial charge in [0.25, 0.3) is 5.91 Å². The summed E-state index contributed by atoms with van der Waals surface area (Å²) in [6.07, 6.45) is 1.44. The number of likely N-dealkylation sites (tertiary alicyclic amines) is 1. The molecule has 6 nitrogen and oxygen atoms in total. The van der Waals surface area contributed by atoms with E-state index in [0.29, 0.717) is 25.1 Å². The zero-order valence-electron chi connectivity index (χ0n) is 10.9. The van der Waals surface area contributed by atoms with Gasteiger partial charge in [-0.2, -0.15) is 11.3 Å². The summed E-state index contributed by atoms with van der Waals surface area (Å²) in [7, 11) is 0. The van der Waals surface area contributed by atoms with Crippen LogP contribution in [-0.4, -0.2) is 42.4 Å². The molecule has 0 radical (unpaired) electrons. The number of carbonyl (C=O) groups excluding carboxylic acids is 3. The molecule has 2 N–H and O–H groups in total. The van der Waals surface area contributed by atoms with E-state index in [4.69, 9.17) is 10.5 Å². The van der Waals surface area contributed by atoms with E-state index in [2.05, 4.69) is 0 Å². The number of rotatable bonds is 4. The molecule has 1 aromatic heterocycles.